The summed E-state index contributed by atoms with van der Waals surface area (Å²) >= 11 is 11.6. The van der Waals surface area contributed by atoms with Crippen molar-refractivity contribution < 1.29 is 9.32 Å². The summed E-state index contributed by atoms with van der Waals surface area (Å²) in [6.45, 7) is 0. The summed E-state index contributed by atoms with van der Waals surface area (Å²) in [6.07, 6.45) is 1.35. The first kappa shape index (κ1) is 11.8. The SMILES string of the molecule is O=C(Nc1cc(Cl)cc(Cl)c1)Nc1ccon1. The average molecular weight is 272 g/mol. The van der Waals surface area contributed by atoms with Gasteiger partial charge in [-0.15, -0.1) is 0 Å². The van der Waals surface area contributed by atoms with Gasteiger partial charge in [0.2, 0.25) is 0 Å². The molecule has 0 aliphatic heterocycles. The van der Waals surface area contributed by atoms with Crippen molar-refractivity contribution in [3.8, 4) is 0 Å². The molecule has 1 heterocycles. The monoisotopic (exact) mass is 271 g/mol. The summed E-state index contributed by atoms with van der Waals surface area (Å²) in [7, 11) is 0. The van der Waals surface area contributed by atoms with Crippen LogP contribution in [0, 0.1) is 0 Å². The number of carbonyl (C=O) groups excluding carboxylic acids is 1. The summed E-state index contributed by atoms with van der Waals surface area (Å²) in [5, 5.41) is 9.44. The molecule has 0 saturated carbocycles. The van der Waals surface area contributed by atoms with E-state index in [-0.39, 0.29) is 0 Å². The summed E-state index contributed by atoms with van der Waals surface area (Å²) in [6, 6.07) is 5.79. The number of nitrogens with one attached hydrogen (secondary N) is 2. The van der Waals surface area contributed by atoms with Crippen LogP contribution in [-0.4, -0.2) is 11.2 Å². The molecule has 0 aliphatic carbocycles. The number of aromatic nitrogens is 1. The molecule has 7 heteroatoms. The number of hydrogen-bond donors (Lipinski definition) is 2. The fraction of sp³-hybridized carbons (Fsp3) is 0. The molecule has 0 unspecified atom stereocenters. The summed E-state index contributed by atoms with van der Waals surface area (Å²) in [4.78, 5) is 11.5. The van der Waals surface area contributed by atoms with Gasteiger partial charge in [-0.1, -0.05) is 28.4 Å². The molecule has 1 aromatic carbocycles. The zero-order chi connectivity index (χ0) is 12.3. The topological polar surface area (TPSA) is 67.2 Å². The first-order valence-corrected chi connectivity index (χ1v) is 5.33. The number of amides is 2. The number of benzene rings is 1. The lowest BCUT2D eigenvalue weighted by Crippen LogP contribution is -2.19. The van der Waals surface area contributed by atoms with Crippen molar-refractivity contribution in [2.45, 2.75) is 0 Å². The van der Waals surface area contributed by atoms with Crippen LogP contribution >= 0.6 is 23.2 Å². The van der Waals surface area contributed by atoms with Gasteiger partial charge in [0.1, 0.15) is 6.26 Å². The zero-order valence-corrected chi connectivity index (χ0v) is 9.92. The Morgan fingerprint density at radius 3 is 2.47 bits per heavy atom. The van der Waals surface area contributed by atoms with Crippen LogP contribution in [-0.2, 0) is 0 Å². The van der Waals surface area contributed by atoms with Crippen molar-refractivity contribution in [3.63, 3.8) is 0 Å². The van der Waals surface area contributed by atoms with Crippen LogP contribution in [0.5, 0.6) is 0 Å². The minimum absolute atomic E-state index is 0.315. The van der Waals surface area contributed by atoms with Crippen molar-refractivity contribution in [2.24, 2.45) is 0 Å². The van der Waals surface area contributed by atoms with Gasteiger partial charge >= 0.3 is 6.03 Å². The van der Waals surface area contributed by atoms with Crippen LogP contribution in [0.15, 0.2) is 35.1 Å². The molecule has 2 amide bonds. The van der Waals surface area contributed by atoms with Crippen molar-refractivity contribution >= 4 is 40.7 Å². The number of urea groups is 1. The lowest BCUT2D eigenvalue weighted by atomic mass is 10.3. The van der Waals surface area contributed by atoms with E-state index < -0.39 is 6.03 Å². The molecule has 0 fully saturated rings. The Labute approximate surface area is 107 Å². The van der Waals surface area contributed by atoms with E-state index in [0.717, 1.165) is 0 Å². The molecular formula is C10H7Cl2N3O2. The van der Waals surface area contributed by atoms with Gasteiger partial charge in [0.15, 0.2) is 5.82 Å². The molecule has 0 saturated heterocycles. The van der Waals surface area contributed by atoms with Crippen LogP contribution in [0.3, 0.4) is 0 Å². The minimum Gasteiger partial charge on any atom is -0.363 e. The molecule has 17 heavy (non-hydrogen) atoms. The van der Waals surface area contributed by atoms with Gasteiger partial charge in [-0.2, -0.15) is 0 Å². The number of anilines is 2. The fourth-order valence-corrected chi connectivity index (χ4v) is 1.71. The van der Waals surface area contributed by atoms with Crippen LogP contribution < -0.4 is 10.6 Å². The predicted molar refractivity (Wildman–Crippen MR) is 65.6 cm³/mol. The molecule has 0 atom stereocenters. The zero-order valence-electron chi connectivity index (χ0n) is 8.41. The molecule has 0 bridgehead atoms. The lowest BCUT2D eigenvalue weighted by Gasteiger charge is -2.06. The number of nitrogens with zero attached hydrogens (tertiary/aromatic N) is 1. The van der Waals surface area contributed by atoms with E-state index >= 15 is 0 Å². The van der Waals surface area contributed by atoms with Gasteiger partial charge in [-0.25, -0.2) is 4.79 Å². The van der Waals surface area contributed by atoms with Gasteiger partial charge < -0.3 is 9.84 Å². The molecule has 1 aromatic heterocycles. The molecule has 2 N–H and O–H groups in total. The van der Waals surface area contributed by atoms with E-state index in [1.165, 1.54) is 12.3 Å². The van der Waals surface area contributed by atoms with Crippen LogP contribution in [0.25, 0.3) is 0 Å². The van der Waals surface area contributed by atoms with Gasteiger partial charge in [0.25, 0.3) is 0 Å². The standard InChI is InChI=1S/C10H7Cl2N3O2/c11-6-3-7(12)5-8(4-6)13-10(16)14-9-1-2-17-15-9/h1-5H,(H2,13,14,15,16). The third-order valence-electron chi connectivity index (χ3n) is 1.80. The first-order chi connectivity index (χ1) is 8.13. The Morgan fingerprint density at radius 1 is 1.18 bits per heavy atom. The maximum atomic E-state index is 11.5. The molecule has 2 rings (SSSR count). The van der Waals surface area contributed by atoms with E-state index in [9.17, 15) is 4.79 Å². The fourth-order valence-electron chi connectivity index (χ4n) is 1.18. The normalized spacial score (nSPS) is 10.0. The lowest BCUT2D eigenvalue weighted by molar-refractivity contribution is 0.262. The van der Waals surface area contributed by atoms with Crippen molar-refractivity contribution in [1.82, 2.24) is 5.16 Å². The van der Waals surface area contributed by atoms with Gasteiger partial charge in [-0.3, -0.25) is 5.32 Å². The number of carbonyl (C=O) groups is 1. The highest BCUT2D eigenvalue weighted by Crippen LogP contribution is 2.22. The summed E-state index contributed by atoms with van der Waals surface area (Å²) < 4.78 is 4.57. The smallest absolute Gasteiger partial charge is 0.324 e. The van der Waals surface area contributed by atoms with Crippen molar-refractivity contribution in [2.75, 3.05) is 10.6 Å². The highest BCUT2D eigenvalue weighted by molar-refractivity contribution is 6.35. The predicted octanol–water partition coefficient (Wildman–Crippen LogP) is 3.63. The molecule has 0 radical (unpaired) electrons. The maximum Gasteiger partial charge on any atom is 0.324 e. The van der Waals surface area contributed by atoms with Crippen LogP contribution in [0.2, 0.25) is 10.0 Å². The molecule has 2 aromatic rings. The van der Waals surface area contributed by atoms with Crippen molar-refractivity contribution in [1.29, 1.82) is 0 Å². The Balaban J connectivity index is 2.03. The van der Waals surface area contributed by atoms with E-state index in [1.54, 1.807) is 18.2 Å². The first-order valence-electron chi connectivity index (χ1n) is 4.58. The quantitative estimate of drug-likeness (QED) is 0.877. The minimum atomic E-state index is -0.461. The van der Waals surface area contributed by atoms with E-state index in [0.29, 0.717) is 21.6 Å². The summed E-state index contributed by atoms with van der Waals surface area (Å²) in [5.41, 5.74) is 0.489. The molecular weight excluding hydrogens is 265 g/mol. The summed E-state index contributed by atoms with van der Waals surface area (Å²) in [5.74, 6) is 0.315. The van der Waals surface area contributed by atoms with Crippen molar-refractivity contribution in [3.05, 3.63) is 40.6 Å². The Kier molecular flexibility index (Phi) is 3.51. The van der Waals surface area contributed by atoms with E-state index in [1.807, 2.05) is 0 Å². The highest BCUT2D eigenvalue weighted by atomic mass is 35.5. The second kappa shape index (κ2) is 5.07. The molecule has 0 aliphatic rings. The second-order valence-electron chi connectivity index (χ2n) is 3.12. The second-order valence-corrected chi connectivity index (χ2v) is 3.99. The maximum absolute atomic E-state index is 11.5. The number of halogens is 2. The van der Waals surface area contributed by atoms with Gasteiger partial charge in [-0.05, 0) is 18.2 Å². The third kappa shape index (κ3) is 3.37. The number of hydrogen-bond acceptors (Lipinski definition) is 3. The van der Waals surface area contributed by atoms with Gasteiger partial charge in [0.05, 0.1) is 0 Å². The highest BCUT2D eigenvalue weighted by Gasteiger charge is 2.05. The Hall–Kier alpha value is -1.72. The average Bonchev–Trinajstić information content (AvgIpc) is 2.67. The van der Waals surface area contributed by atoms with E-state index in [2.05, 4.69) is 20.3 Å². The largest absolute Gasteiger partial charge is 0.363 e. The molecule has 5 nitrogen and oxygen atoms in total. The van der Waals surface area contributed by atoms with Gasteiger partial charge in [0, 0.05) is 21.8 Å². The Bertz CT molecular complexity index is 508. The van der Waals surface area contributed by atoms with Crippen LogP contribution in [0.1, 0.15) is 0 Å². The Morgan fingerprint density at radius 2 is 1.88 bits per heavy atom. The number of rotatable bonds is 2. The van der Waals surface area contributed by atoms with E-state index in [4.69, 9.17) is 23.2 Å². The van der Waals surface area contributed by atoms with Crippen LogP contribution in [0.4, 0.5) is 16.3 Å². The molecule has 0 spiro atoms. The third-order valence-corrected chi connectivity index (χ3v) is 2.24. The molecule has 88 valence electrons.